The molecule has 0 bridgehead atoms. The van der Waals surface area contributed by atoms with Crippen LogP contribution in [-0.4, -0.2) is 24.4 Å². The molecule has 0 N–H and O–H groups in total. The smallest absolute Gasteiger partial charge is 0.147 e. The highest BCUT2D eigenvalue weighted by atomic mass is 35.5. The second kappa shape index (κ2) is 2.86. The first-order valence-electron chi connectivity index (χ1n) is 3.09. The zero-order valence-electron chi connectivity index (χ0n) is 5.63. The molecule has 1 rings (SSSR count). The van der Waals surface area contributed by atoms with Crippen LogP contribution in [-0.2, 0) is 9.47 Å². The number of ether oxygens (including phenoxy) is 2. The van der Waals surface area contributed by atoms with Crippen LogP contribution in [0.5, 0.6) is 0 Å². The Hall–Kier alpha value is 0.210. The summed E-state index contributed by atoms with van der Waals surface area (Å²) in [7, 11) is 0. The molecule has 0 unspecified atom stereocenters. The van der Waals surface area contributed by atoms with Crippen molar-refractivity contribution in [1.82, 2.24) is 0 Å². The minimum atomic E-state index is -0.00116. The second-order valence-electron chi connectivity index (χ2n) is 2.31. The molecule has 0 saturated carbocycles. The Morgan fingerprint density at radius 3 is 2.00 bits per heavy atom. The molecule has 1 aliphatic rings. The van der Waals surface area contributed by atoms with Crippen molar-refractivity contribution in [2.45, 2.75) is 31.4 Å². The van der Waals surface area contributed by atoms with Crippen LogP contribution in [0.3, 0.4) is 0 Å². The van der Waals surface area contributed by atoms with Gasteiger partial charge in [0, 0.05) is 0 Å². The highest BCUT2D eigenvalue weighted by Crippen LogP contribution is 2.18. The molecular formula is C6H11ClO2. The highest BCUT2D eigenvalue weighted by Gasteiger charge is 2.26. The van der Waals surface area contributed by atoms with Gasteiger partial charge in [0.25, 0.3) is 0 Å². The SMILES string of the molecule is C[C@@H]1OCO[C@@H](C)C1Cl. The molecule has 0 aromatic carbocycles. The van der Waals surface area contributed by atoms with Gasteiger partial charge in [-0.25, -0.2) is 0 Å². The maximum Gasteiger partial charge on any atom is 0.147 e. The monoisotopic (exact) mass is 150 g/mol. The summed E-state index contributed by atoms with van der Waals surface area (Å²) >= 11 is 5.87. The largest absolute Gasteiger partial charge is 0.351 e. The van der Waals surface area contributed by atoms with E-state index in [-0.39, 0.29) is 17.6 Å². The molecule has 9 heavy (non-hydrogen) atoms. The zero-order chi connectivity index (χ0) is 6.85. The van der Waals surface area contributed by atoms with E-state index in [2.05, 4.69) is 0 Å². The molecule has 1 saturated heterocycles. The lowest BCUT2D eigenvalue weighted by Crippen LogP contribution is -2.39. The summed E-state index contributed by atoms with van der Waals surface area (Å²) in [5, 5.41) is -0.00116. The van der Waals surface area contributed by atoms with Crippen LogP contribution in [0.1, 0.15) is 13.8 Å². The molecule has 1 aliphatic heterocycles. The summed E-state index contributed by atoms with van der Waals surface area (Å²) in [5.74, 6) is 0. The predicted octanol–water partition coefficient (Wildman–Crippen LogP) is 1.38. The van der Waals surface area contributed by atoms with Gasteiger partial charge in [0.05, 0.1) is 17.6 Å². The van der Waals surface area contributed by atoms with Gasteiger partial charge in [-0.3, -0.25) is 0 Å². The number of rotatable bonds is 0. The van der Waals surface area contributed by atoms with Crippen LogP contribution in [0.25, 0.3) is 0 Å². The van der Waals surface area contributed by atoms with Crippen LogP contribution < -0.4 is 0 Å². The van der Waals surface area contributed by atoms with Gasteiger partial charge in [-0.2, -0.15) is 0 Å². The number of hydrogen-bond acceptors (Lipinski definition) is 2. The topological polar surface area (TPSA) is 18.5 Å². The van der Waals surface area contributed by atoms with Crippen molar-refractivity contribution in [3.63, 3.8) is 0 Å². The third-order valence-electron chi connectivity index (χ3n) is 1.56. The Kier molecular flexibility index (Phi) is 2.33. The molecular weight excluding hydrogens is 140 g/mol. The number of halogens is 1. The zero-order valence-corrected chi connectivity index (χ0v) is 6.39. The summed E-state index contributed by atoms with van der Waals surface area (Å²) in [6.07, 6.45) is 0.242. The summed E-state index contributed by atoms with van der Waals surface area (Å²) < 4.78 is 10.2. The predicted molar refractivity (Wildman–Crippen MR) is 35.6 cm³/mol. The quantitative estimate of drug-likeness (QED) is 0.486. The summed E-state index contributed by atoms with van der Waals surface area (Å²) in [6, 6.07) is 0. The molecule has 0 aromatic rings. The van der Waals surface area contributed by atoms with E-state index in [9.17, 15) is 0 Å². The first kappa shape index (κ1) is 7.32. The van der Waals surface area contributed by atoms with E-state index in [1.807, 2.05) is 13.8 Å². The molecule has 0 spiro atoms. The van der Waals surface area contributed by atoms with E-state index in [1.165, 1.54) is 0 Å². The van der Waals surface area contributed by atoms with Crippen molar-refractivity contribution in [1.29, 1.82) is 0 Å². The highest BCUT2D eigenvalue weighted by molar-refractivity contribution is 6.21. The van der Waals surface area contributed by atoms with E-state index in [0.29, 0.717) is 6.79 Å². The van der Waals surface area contributed by atoms with E-state index >= 15 is 0 Å². The molecule has 1 fully saturated rings. The molecule has 54 valence electrons. The maximum atomic E-state index is 5.87. The van der Waals surface area contributed by atoms with Crippen LogP contribution in [0.15, 0.2) is 0 Å². The standard InChI is InChI=1S/C6H11ClO2/c1-4-6(7)5(2)9-3-8-4/h4-6H,3H2,1-2H3/t4-,5-/m0/s1. The second-order valence-corrected chi connectivity index (χ2v) is 2.81. The normalized spacial score (nSPS) is 39.0. The molecule has 3 heteroatoms. The van der Waals surface area contributed by atoms with Crippen molar-refractivity contribution >= 4 is 11.6 Å². The van der Waals surface area contributed by atoms with Gasteiger partial charge >= 0.3 is 0 Å². The fraction of sp³-hybridized carbons (Fsp3) is 1.00. The van der Waals surface area contributed by atoms with E-state index < -0.39 is 0 Å². The van der Waals surface area contributed by atoms with Gasteiger partial charge in [-0.1, -0.05) is 0 Å². The fourth-order valence-corrected chi connectivity index (χ4v) is 0.965. The molecule has 0 amide bonds. The molecule has 0 radical (unpaired) electrons. The Morgan fingerprint density at radius 2 is 1.67 bits per heavy atom. The number of alkyl halides is 1. The van der Waals surface area contributed by atoms with Gasteiger partial charge in [-0.15, -0.1) is 11.6 Å². The molecule has 1 heterocycles. The van der Waals surface area contributed by atoms with Gasteiger partial charge in [-0.05, 0) is 13.8 Å². The fourth-order valence-electron chi connectivity index (χ4n) is 0.819. The molecule has 0 aromatic heterocycles. The minimum Gasteiger partial charge on any atom is -0.351 e. The lowest BCUT2D eigenvalue weighted by Gasteiger charge is -2.29. The summed E-state index contributed by atoms with van der Waals surface area (Å²) in [4.78, 5) is 0. The molecule has 0 aliphatic carbocycles. The summed E-state index contributed by atoms with van der Waals surface area (Å²) in [6.45, 7) is 4.29. The first-order valence-corrected chi connectivity index (χ1v) is 3.52. The molecule has 2 nitrogen and oxygen atoms in total. The average molecular weight is 151 g/mol. The van der Waals surface area contributed by atoms with Gasteiger partial charge in [0.1, 0.15) is 6.79 Å². The number of hydrogen-bond donors (Lipinski definition) is 0. The Labute approximate surface area is 60.1 Å². The first-order chi connectivity index (χ1) is 4.22. The van der Waals surface area contributed by atoms with E-state index in [0.717, 1.165) is 0 Å². The van der Waals surface area contributed by atoms with Gasteiger partial charge < -0.3 is 9.47 Å². The van der Waals surface area contributed by atoms with Crippen LogP contribution in [0.2, 0.25) is 0 Å². The Balaban J connectivity index is 2.41. The van der Waals surface area contributed by atoms with Gasteiger partial charge in [0.2, 0.25) is 0 Å². The van der Waals surface area contributed by atoms with Crippen LogP contribution >= 0.6 is 11.6 Å². The van der Waals surface area contributed by atoms with Crippen molar-refractivity contribution < 1.29 is 9.47 Å². The van der Waals surface area contributed by atoms with Crippen LogP contribution in [0, 0.1) is 0 Å². The molecule has 2 atom stereocenters. The van der Waals surface area contributed by atoms with Crippen molar-refractivity contribution in [3.8, 4) is 0 Å². The lowest BCUT2D eigenvalue weighted by molar-refractivity contribution is -0.161. The third kappa shape index (κ3) is 1.57. The third-order valence-corrected chi connectivity index (χ3v) is 2.27. The van der Waals surface area contributed by atoms with E-state index in [4.69, 9.17) is 21.1 Å². The average Bonchev–Trinajstić information content (AvgIpc) is 1.83. The van der Waals surface area contributed by atoms with Crippen molar-refractivity contribution in [2.24, 2.45) is 0 Å². The Bertz CT molecular complexity index is 87.1. The van der Waals surface area contributed by atoms with Crippen molar-refractivity contribution in [2.75, 3.05) is 6.79 Å². The lowest BCUT2D eigenvalue weighted by atomic mass is 10.2. The van der Waals surface area contributed by atoms with Crippen molar-refractivity contribution in [3.05, 3.63) is 0 Å². The minimum absolute atomic E-state index is 0.00116. The maximum absolute atomic E-state index is 5.87. The van der Waals surface area contributed by atoms with Crippen LogP contribution in [0.4, 0.5) is 0 Å². The summed E-state index contributed by atoms with van der Waals surface area (Å²) in [5.41, 5.74) is 0. The van der Waals surface area contributed by atoms with Gasteiger partial charge in [0.15, 0.2) is 0 Å². The Morgan fingerprint density at radius 1 is 1.22 bits per heavy atom. The van der Waals surface area contributed by atoms with E-state index in [1.54, 1.807) is 0 Å².